The molecule has 0 amide bonds. The van der Waals surface area contributed by atoms with E-state index in [1.807, 2.05) is 0 Å². The molecule has 3 unspecified atom stereocenters. The predicted octanol–water partition coefficient (Wildman–Crippen LogP) is 1.10. The fraction of sp³-hybridized carbons (Fsp3) is 1.00. The largest absolute Gasteiger partial charge is 0.325 e. The van der Waals surface area contributed by atoms with Crippen molar-refractivity contribution < 1.29 is 9.92 Å². The highest BCUT2D eigenvalue weighted by Gasteiger charge is 2.58. The molecule has 4 aliphatic carbocycles. The Morgan fingerprint density at radius 2 is 1.87 bits per heavy atom. The summed E-state index contributed by atoms with van der Waals surface area (Å²) in [5.41, 5.74) is 5.48. The summed E-state index contributed by atoms with van der Waals surface area (Å²) in [6, 6.07) is -0.129. The molecule has 0 radical (unpaired) electrons. The lowest BCUT2D eigenvalue weighted by Crippen LogP contribution is -2.65. The quantitative estimate of drug-likeness (QED) is 0.549. The van der Waals surface area contributed by atoms with Gasteiger partial charge in [-0.05, 0) is 49.9 Å². The molecule has 15 heavy (non-hydrogen) atoms. The monoisotopic (exact) mass is 212 g/mol. The molecule has 0 aromatic rings. The van der Waals surface area contributed by atoms with Gasteiger partial charge < -0.3 is 10.6 Å². The van der Waals surface area contributed by atoms with Crippen LogP contribution in [0.5, 0.6) is 0 Å². The molecule has 0 aromatic heterocycles. The molecule has 5 nitrogen and oxygen atoms in total. The van der Waals surface area contributed by atoms with E-state index in [-0.39, 0.29) is 6.04 Å². The Hall–Kier alpha value is -0.840. The predicted molar refractivity (Wildman–Crippen MR) is 52.3 cm³/mol. The highest BCUT2D eigenvalue weighted by atomic mass is 17.0. The van der Waals surface area contributed by atoms with Crippen LogP contribution in [0.4, 0.5) is 0 Å². The van der Waals surface area contributed by atoms with Crippen LogP contribution in [0.15, 0.2) is 0 Å². The second kappa shape index (κ2) is 2.84. The van der Waals surface area contributed by atoms with Crippen molar-refractivity contribution in [2.45, 2.75) is 43.7 Å². The van der Waals surface area contributed by atoms with Crippen LogP contribution in [0.1, 0.15) is 32.1 Å². The highest BCUT2D eigenvalue weighted by molar-refractivity contribution is 5.09. The minimum Gasteiger partial charge on any atom is -0.325 e. The average molecular weight is 212 g/mol. The topological polar surface area (TPSA) is 78.4 Å². The van der Waals surface area contributed by atoms with Crippen molar-refractivity contribution in [1.29, 1.82) is 0 Å². The molecular formula is C10H16N2O3. The van der Waals surface area contributed by atoms with Crippen LogP contribution in [0, 0.1) is 27.9 Å². The van der Waals surface area contributed by atoms with Gasteiger partial charge in [0.15, 0.2) is 0 Å². The summed E-state index contributed by atoms with van der Waals surface area (Å²) in [6.45, 7) is 0. The lowest BCUT2D eigenvalue weighted by Gasteiger charge is -2.58. The van der Waals surface area contributed by atoms with Gasteiger partial charge in [-0.2, -0.15) is 0 Å². The van der Waals surface area contributed by atoms with Gasteiger partial charge in [0.2, 0.25) is 0 Å². The van der Waals surface area contributed by atoms with E-state index in [1.165, 1.54) is 6.42 Å². The van der Waals surface area contributed by atoms with Crippen molar-refractivity contribution in [3.63, 3.8) is 0 Å². The fourth-order valence-electron chi connectivity index (χ4n) is 4.29. The summed E-state index contributed by atoms with van der Waals surface area (Å²) in [6.07, 6.45) is 5.12. The third kappa shape index (κ3) is 1.25. The van der Waals surface area contributed by atoms with Gasteiger partial charge in [0, 0.05) is 6.04 Å². The molecule has 0 saturated heterocycles. The molecule has 4 aliphatic rings. The summed E-state index contributed by atoms with van der Waals surface area (Å²) < 4.78 is 0. The maximum absolute atomic E-state index is 10.6. The molecule has 2 N–H and O–H groups in total. The standard InChI is InChI=1S/C10H16N2O3/c11-9-8-2-6-1-7(3-8)5-10(9,4-6)15-12(13)14/h6-9H,1-5,11H2. The minimum atomic E-state index is -0.646. The van der Waals surface area contributed by atoms with Gasteiger partial charge >= 0.3 is 0 Å². The molecule has 3 atom stereocenters. The zero-order valence-corrected chi connectivity index (χ0v) is 8.59. The van der Waals surface area contributed by atoms with E-state index >= 15 is 0 Å². The lowest BCUT2D eigenvalue weighted by atomic mass is 9.52. The molecule has 4 bridgehead atoms. The first-order valence-electron chi connectivity index (χ1n) is 5.68. The second-order valence-electron chi connectivity index (χ2n) is 5.51. The highest BCUT2D eigenvalue weighted by Crippen LogP contribution is 2.56. The van der Waals surface area contributed by atoms with Crippen LogP contribution in [-0.4, -0.2) is 16.7 Å². The molecule has 0 aliphatic heterocycles. The van der Waals surface area contributed by atoms with Crippen LogP contribution < -0.4 is 5.73 Å². The first-order valence-corrected chi connectivity index (χ1v) is 5.68. The van der Waals surface area contributed by atoms with Crippen molar-refractivity contribution in [1.82, 2.24) is 0 Å². The minimum absolute atomic E-state index is 0.129. The number of nitrogens with zero attached hydrogens (tertiary/aromatic N) is 1. The fourth-order valence-corrected chi connectivity index (χ4v) is 4.29. The third-order valence-electron chi connectivity index (χ3n) is 4.58. The van der Waals surface area contributed by atoms with Crippen LogP contribution in [0.3, 0.4) is 0 Å². The molecule has 4 saturated carbocycles. The summed E-state index contributed by atoms with van der Waals surface area (Å²) in [5, 5.41) is 9.91. The lowest BCUT2D eigenvalue weighted by molar-refractivity contribution is -0.785. The van der Waals surface area contributed by atoms with Gasteiger partial charge in [-0.1, -0.05) is 0 Å². The van der Waals surface area contributed by atoms with Gasteiger partial charge in [-0.3, -0.25) is 0 Å². The molecule has 4 fully saturated rings. The van der Waals surface area contributed by atoms with Crippen molar-refractivity contribution >= 4 is 0 Å². The van der Waals surface area contributed by atoms with E-state index in [1.54, 1.807) is 0 Å². The Morgan fingerprint density at radius 1 is 1.27 bits per heavy atom. The Labute approximate surface area is 88.1 Å². The maximum Gasteiger partial charge on any atom is 0.295 e. The van der Waals surface area contributed by atoms with Crippen LogP contribution in [0.2, 0.25) is 0 Å². The Morgan fingerprint density at radius 3 is 2.40 bits per heavy atom. The van der Waals surface area contributed by atoms with Gasteiger partial charge in [-0.25, -0.2) is 0 Å². The number of rotatable bonds is 2. The zero-order valence-electron chi connectivity index (χ0n) is 8.59. The third-order valence-corrected chi connectivity index (χ3v) is 4.58. The first kappa shape index (κ1) is 9.39. The molecular weight excluding hydrogens is 196 g/mol. The Kier molecular flexibility index (Phi) is 1.78. The van der Waals surface area contributed by atoms with E-state index in [2.05, 4.69) is 0 Å². The number of nitrogens with two attached hydrogens (primary N) is 1. The Balaban J connectivity index is 1.90. The van der Waals surface area contributed by atoms with Crippen molar-refractivity contribution in [3.8, 4) is 0 Å². The summed E-state index contributed by atoms with van der Waals surface area (Å²) in [4.78, 5) is 15.5. The normalized spacial score (nSPS) is 51.8. The van der Waals surface area contributed by atoms with Gasteiger partial charge in [0.1, 0.15) is 5.60 Å². The molecule has 5 heteroatoms. The summed E-state index contributed by atoms with van der Waals surface area (Å²) in [7, 11) is 0. The van der Waals surface area contributed by atoms with Crippen LogP contribution in [0.25, 0.3) is 0 Å². The van der Waals surface area contributed by atoms with E-state index < -0.39 is 10.7 Å². The van der Waals surface area contributed by atoms with Crippen LogP contribution >= 0.6 is 0 Å². The number of hydrogen-bond acceptors (Lipinski definition) is 4. The van der Waals surface area contributed by atoms with E-state index in [9.17, 15) is 10.1 Å². The van der Waals surface area contributed by atoms with E-state index in [4.69, 9.17) is 10.6 Å². The number of hydrogen-bond donors (Lipinski definition) is 1. The average Bonchev–Trinajstić information content (AvgIpc) is 2.11. The SMILES string of the molecule is NC1C2CC3CC(C2)CC1(O[N+](=O)[O-])C3. The van der Waals surface area contributed by atoms with Crippen molar-refractivity contribution in [2.24, 2.45) is 23.5 Å². The molecule has 0 spiro atoms. The van der Waals surface area contributed by atoms with Crippen molar-refractivity contribution in [3.05, 3.63) is 10.1 Å². The van der Waals surface area contributed by atoms with E-state index in [0.717, 1.165) is 25.7 Å². The summed E-state index contributed by atoms with van der Waals surface area (Å²) >= 11 is 0. The van der Waals surface area contributed by atoms with Crippen molar-refractivity contribution in [2.75, 3.05) is 0 Å². The van der Waals surface area contributed by atoms with Gasteiger partial charge in [0.05, 0.1) is 0 Å². The Bertz CT molecular complexity index is 293. The first-order chi connectivity index (χ1) is 7.09. The van der Waals surface area contributed by atoms with Gasteiger partial charge in [-0.15, -0.1) is 10.1 Å². The molecule has 0 aromatic carbocycles. The smallest absolute Gasteiger partial charge is 0.295 e. The molecule has 0 heterocycles. The summed E-state index contributed by atoms with van der Waals surface area (Å²) in [5.74, 6) is 1.68. The molecule has 4 rings (SSSR count). The van der Waals surface area contributed by atoms with Crippen LogP contribution in [-0.2, 0) is 4.84 Å². The second-order valence-corrected chi connectivity index (χ2v) is 5.51. The van der Waals surface area contributed by atoms with E-state index in [0.29, 0.717) is 17.8 Å². The molecule has 84 valence electrons. The zero-order chi connectivity index (χ0) is 10.6. The maximum atomic E-state index is 10.6. The van der Waals surface area contributed by atoms with Gasteiger partial charge in [0.25, 0.3) is 5.09 Å².